The molecule has 0 saturated carbocycles. The van der Waals surface area contributed by atoms with E-state index in [1.165, 1.54) is 18.2 Å². The van der Waals surface area contributed by atoms with Crippen molar-refractivity contribution in [2.45, 2.75) is 32.7 Å². The number of hydrogen-bond acceptors (Lipinski definition) is 3. The van der Waals surface area contributed by atoms with E-state index in [2.05, 4.69) is 12.2 Å². The number of carbonyl (C=O) groups excluding carboxylic acids is 1. The van der Waals surface area contributed by atoms with Crippen molar-refractivity contribution in [2.24, 2.45) is 5.92 Å². The molecule has 2 rings (SSSR count). The first-order valence-corrected chi connectivity index (χ1v) is 7.02. The third kappa shape index (κ3) is 3.45. The smallest absolute Gasteiger partial charge is 0.339 e. The van der Waals surface area contributed by atoms with E-state index in [0.717, 1.165) is 12.8 Å². The van der Waals surface area contributed by atoms with Crippen molar-refractivity contribution in [2.75, 3.05) is 11.9 Å². The lowest BCUT2D eigenvalue weighted by Crippen LogP contribution is -2.46. The van der Waals surface area contributed by atoms with Crippen LogP contribution in [0.5, 0.6) is 5.75 Å². The van der Waals surface area contributed by atoms with Crippen molar-refractivity contribution in [3.63, 3.8) is 0 Å². The third-order valence-corrected chi connectivity index (χ3v) is 3.88. The van der Waals surface area contributed by atoms with Crippen LogP contribution in [0.2, 0.25) is 0 Å². The fraction of sp³-hybridized carbons (Fsp3) is 0.467. The number of aromatic hydroxyl groups is 1. The molecule has 114 valence electrons. The summed E-state index contributed by atoms with van der Waals surface area (Å²) in [6.45, 7) is 4.87. The van der Waals surface area contributed by atoms with Gasteiger partial charge in [-0.05, 0) is 43.9 Å². The second kappa shape index (κ2) is 6.03. The van der Waals surface area contributed by atoms with Crippen molar-refractivity contribution < 1.29 is 19.8 Å². The fourth-order valence-electron chi connectivity index (χ4n) is 2.69. The molecule has 2 amide bonds. The van der Waals surface area contributed by atoms with Gasteiger partial charge in [0.25, 0.3) is 0 Å². The molecule has 6 nitrogen and oxygen atoms in total. The molecule has 6 heteroatoms. The van der Waals surface area contributed by atoms with Crippen molar-refractivity contribution >= 4 is 17.7 Å². The number of phenols is 1. The normalized spacial score (nSPS) is 21.9. The highest BCUT2D eigenvalue weighted by atomic mass is 16.4. The largest absolute Gasteiger partial charge is 0.507 e. The Kier molecular flexibility index (Phi) is 4.35. The average Bonchev–Trinajstić information content (AvgIpc) is 2.40. The number of carboxylic acid groups (broad SMARTS) is 1. The molecule has 3 N–H and O–H groups in total. The number of aromatic carboxylic acids is 1. The van der Waals surface area contributed by atoms with Crippen LogP contribution in [0, 0.1) is 5.92 Å². The van der Waals surface area contributed by atoms with Gasteiger partial charge in [0, 0.05) is 18.3 Å². The SMILES string of the molecule is CC1CCN(C(=O)Nc2ccc(O)c(C(=O)O)c2)C(C)C1. The molecule has 1 fully saturated rings. The number of likely N-dealkylation sites (tertiary alicyclic amines) is 1. The Balaban J connectivity index is 2.09. The zero-order valence-corrected chi connectivity index (χ0v) is 12.2. The van der Waals surface area contributed by atoms with Gasteiger partial charge in [-0.1, -0.05) is 6.92 Å². The van der Waals surface area contributed by atoms with Gasteiger partial charge in [0.2, 0.25) is 0 Å². The van der Waals surface area contributed by atoms with Crippen molar-refractivity contribution in [1.82, 2.24) is 4.90 Å². The summed E-state index contributed by atoms with van der Waals surface area (Å²) in [6.07, 6.45) is 1.93. The standard InChI is InChI=1S/C15H20N2O4/c1-9-5-6-17(10(2)7-9)15(21)16-11-3-4-13(18)12(8-11)14(19)20/h3-4,8-10,18H,5-7H2,1-2H3,(H,16,21)(H,19,20). The Morgan fingerprint density at radius 3 is 2.67 bits per heavy atom. The summed E-state index contributed by atoms with van der Waals surface area (Å²) in [6, 6.07) is 3.92. The topological polar surface area (TPSA) is 89.9 Å². The first kappa shape index (κ1) is 15.2. The summed E-state index contributed by atoms with van der Waals surface area (Å²) < 4.78 is 0. The molecule has 0 aliphatic carbocycles. The second-order valence-electron chi connectivity index (χ2n) is 5.64. The molecule has 1 aliphatic rings. The summed E-state index contributed by atoms with van der Waals surface area (Å²) in [7, 11) is 0. The molecule has 0 aromatic heterocycles. The van der Waals surface area contributed by atoms with Crippen LogP contribution >= 0.6 is 0 Å². The highest BCUT2D eigenvalue weighted by molar-refractivity contribution is 5.95. The number of piperidine rings is 1. The summed E-state index contributed by atoms with van der Waals surface area (Å²) in [5.41, 5.74) is 0.133. The van der Waals surface area contributed by atoms with Crippen LogP contribution in [0.15, 0.2) is 18.2 Å². The summed E-state index contributed by atoms with van der Waals surface area (Å²) in [4.78, 5) is 25.0. The van der Waals surface area contributed by atoms with Crippen LogP contribution in [0.4, 0.5) is 10.5 Å². The minimum atomic E-state index is -1.23. The first-order valence-electron chi connectivity index (χ1n) is 7.02. The van der Waals surface area contributed by atoms with Gasteiger partial charge in [-0.2, -0.15) is 0 Å². The van der Waals surface area contributed by atoms with E-state index in [4.69, 9.17) is 5.11 Å². The molecule has 0 spiro atoms. The fourth-order valence-corrected chi connectivity index (χ4v) is 2.69. The van der Waals surface area contributed by atoms with Crippen LogP contribution in [0.1, 0.15) is 37.0 Å². The lowest BCUT2D eigenvalue weighted by Gasteiger charge is -2.36. The number of nitrogens with one attached hydrogen (secondary N) is 1. The van der Waals surface area contributed by atoms with Gasteiger partial charge >= 0.3 is 12.0 Å². The number of hydrogen-bond donors (Lipinski definition) is 3. The molecular formula is C15H20N2O4. The lowest BCUT2D eigenvalue weighted by molar-refractivity contribution is 0.0693. The monoisotopic (exact) mass is 292 g/mol. The number of nitrogens with zero attached hydrogens (tertiary/aromatic N) is 1. The zero-order chi connectivity index (χ0) is 15.6. The van der Waals surface area contributed by atoms with Gasteiger partial charge in [-0.15, -0.1) is 0 Å². The van der Waals surface area contributed by atoms with Crippen LogP contribution in [-0.2, 0) is 0 Å². The van der Waals surface area contributed by atoms with Gasteiger partial charge in [-0.3, -0.25) is 0 Å². The summed E-state index contributed by atoms with van der Waals surface area (Å²) in [5.74, 6) is -0.944. The van der Waals surface area contributed by atoms with Crippen LogP contribution in [0.25, 0.3) is 0 Å². The predicted octanol–water partition coefficient (Wildman–Crippen LogP) is 2.74. The molecule has 0 bridgehead atoms. The Hall–Kier alpha value is -2.24. The molecule has 2 atom stereocenters. The van der Waals surface area contributed by atoms with E-state index in [1.54, 1.807) is 4.90 Å². The number of amides is 2. The highest BCUT2D eigenvalue weighted by Gasteiger charge is 2.26. The van der Waals surface area contributed by atoms with Gasteiger partial charge in [-0.25, -0.2) is 9.59 Å². The highest BCUT2D eigenvalue weighted by Crippen LogP contribution is 2.25. The first-order chi connectivity index (χ1) is 9.88. The van der Waals surface area contributed by atoms with Crippen molar-refractivity contribution in [3.05, 3.63) is 23.8 Å². The number of carbonyl (C=O) groups is 2. The molecule has 1 saturated heterocycles. The van der Waals surface area contributed by atoms with Crippen molar-refractivity contribution in [3.8, 4) is 5.75 Å². The van der Waals surface area contributed by atoms with E-state index in [1.807, 2.05) is 6.92 Å². The van der Waals surface area contributed by atoms with Gasteiger partial charge in [0.05, 0.1) is 0 Å². The van der Waals surface area contributed by atoms with E-state index in [9.17, 15) is 14.7 Å². The Labute approximate surface area is 123 Å². The quantitative estimate of drug-likeness (QED) is 0.731. The Morgan fingerprint density at radius 2 is 2.05 bits per heavy atom. The van der Waals surface area contributed by atoms with Crippen LogP contribution in [0.3, 0.4) is 0 Å². The molecule has 0 radical (unpaired) electrons. The van der Waals surface area contributed by atoms with Crippen LogP contribution < -0.4 is 5.32 Å². The average molecular weight is 292 g/mol. The maximum Gasteiger partial charge on any atom is 0.339 e. The number of anilines is 1. The van der Waals surface area contributed by atoms with E-state index in [0.29, 0.717) is 18.2 Å². The molecule has 2 unspecified atom stereocenters. The van der Waals surface area contributed by atoms with E-state index in [-0.39, 0.29) is 23.4 Å². The maximum absolute atomic E-state index is 12.3. The number of urea groups is 1. The van der Waals surface area contributed by atoms with Gasteiger partial charge in [0.15, 0.2) is 0 Å². The van der Waals surface area contributed by atoms with Crippen molar-refractivity contribution in [1.29, 1.82) is 0 Å². The summed E-state index contributed by atoms with van der Waals surface area (Å²) >= 11 is 0. The third-order valence-electron chi connectivity index (χ3n) is 3.88. The van der Waals surface area contributed by atoms with E-state index >= 15 is 0 Å². The molecule has 1 aromatic carbocycles. The van der Waals surface area contributed by atoms with Gasteiger partial charge in [0.1, 0.15) is 11.3 Å². The Morgan fingerprint density at radius 1 is 1.33 bits per heavy atom. The predicted molar refractivity (Wildman–Crippen MR) is 78.7 cm³/mol. The number of benzene rings is 1. The molecule has 1 heterocycles. The molecule has 1 aliphatic heterocycles. The molecule has 1 aromatic rings. The minimum Gasteiger partial charge on any atom is -0.507 e. The maximum atomic E-state index is 12.3. The number of rotatable bonds is 2. The summed E-state index contributed by atoms with van der Waals surface area (Å²) in [5, 5.41) is 21.1. The van der Waals surface area contributed by atoms with Gasteiger partial charge < -0.3 is 20.4 Å². The molecule has 21 heavy (non-hydrogen) atoms. The van der Waals surface area contributed by atoms with Crippen LogP contribution in [-0.4, -0.2) is 39.7 Å². The lowest BCUT2D eigenvalue weighted by atomic mass is 9.94. The number of carboxylic acids is 1. The Bertz CT molecular complexity index is 559. The second-order valence-corrected chi connectivity index (χ2v) is 5.64. The van der Waals surface area contributed by atoms with E-state index < -0.39 is 5.97 Å². The zero-order valence-electron chi connectivity index (χ0n) is 12.2. The molecular weight excluding hydrogens is 272 g/mol. The minimum absolute atomic E-state index is 0.157.